The molecule has 2 aromatic rings. The normalized spacial score (nSPS) is 10.0. The van der Waals surface area contributed by atoms with Gasteiger partial charge in [-0.15, -0.1) is 0 Å². The smallest absolute Gasteiger partial charge is 0.177 e. The van der Waals surface area contributed by atoms with Crippen LogP contribution in [0.1, 0.15) is 6.92 Å². The molecule has 1 N–H and O–H groups in total. The molecule has 0 aliphatic carbocycles. The standard InChI is InChI=1S/C15H15FN2S/c1-2-18(14-6-4-3-5-7-14)15(19)17-13-10-8-12(16)9-11-13/h3-11H,2H2,1H3,(H,17,19). The Bertz CT molecular complexity index is 540. The summed E-state index contributed by atoms with van der Waals surface area (Å²) in [5, 5.41) is 3.71. The fraction of sp³-hybridized carbons (Fsp3) is 0.133. The summed E-state index contributed by atoms with van der Waals surface area (Å²) in [4.78, 5) is 1.98. The second-order valence-electron chi connectivity index (χ2n) is 4.02. The van der Waals surface area contributed by atoms with Gasteiger partial charge in [0.05, 0.1) is 0 Å². The van der Waals surface area contributed by atoms with Crippen molar-refractivity contribution in [3.05, 3.63) is 60.4 Å². The monoisotopic (exact) mass is 274 g/mol. The average Bonchev–Trinajstić information content (AvgIpc) is 2.43. The van der Waals surface area contributed by atoms with E-state index < -0.39 is 0 Å². The summed E-state index contributed by atoms with van der Waals surface area (Å²) in [6.45, 7) is 2.79. The summed E-state index contributed by atoms with van der Waals surface area (Å²) >= 11 is 5.39. The Morgan fingerprint density at radius 3 is 2.32 bits per heavy atom. The molecule has 0 unspecified atom stereocenters. The van der Waals surface area contributed by atoms with Gasteiger partial charge in [0.1, 0.15) is 5.82 Å². The molecule has 98 valence electrons. The zero-order valence-corrected chi connectivity index (χ0v) is 11.5. The number of anilines is 2. The first-order valence-electron chi connectivity index (χ1n) is 6.10. The third-order valence-electron chi connectivity index (χ3n) is 2.72. The Morgan fingerprint density at radius 1 is 1.11 bits per heavy atom. The quantitative estimate of drug-likeness (QED) is 0.850. The van der Waals surface area contributed by atoms with Crippen LogP contribution in [0.25, 0.3) is 0 Å². The summed E-state index contributed by atoms with van der Waals surface area (Å²) in [6.07, 6.45) is 0. The van der Waals surface area contributed by atoms with E-state index in [0.717, 1.165) is 17.9 Å². The number of hydrogen-bond acceptors (Lipinski definition) is 1. The Labute approximate surface area is 117 Å². The fourth-order valence-corrected chi connectivity index (χ4v) is 2.13. The molecule has 0 heterocycles. The van der Waals surface area contributed by atoms with Gasteiger partial charge in [-0.2, -0.15) is 0 Å². The number of nitrogens with one attached hydrogen (secondary N) is 1. The molecule has 0 amide bonds. The van der Waals surface area contributed by atoms with E-state index in [1.807, 2.05) is 42.2 Å². The molecule has 0 aliphatic heterocycles. The second kappa shape index (κ2) is 6.29. The van der Waals surface area contributed by atoms with Gasteiger partial charge in [-0.05, 0) is 55.5 Å². The van der Waals surface area contributed by atoms with Crippen molar-refractivity contribution in [1.82, 2.24) is 0 Å². The van der Waals surface area contributed by atoms with E-state index in [9.17, 15) is 4.39 Å². The van der Waals surface area contributed by atoms with E-state index in [-0.39, 0.29) is 5.82 Å². The number of para-hydroxylation sites is 1. The second-order valence-corrected chi connectivity index (χ2v) is 4.40. The highest BCUT2D eigenvalue weighted by atomic mass is 32.1. The van der Waals surface area contributed by atoms with Gasteiger partial charge >= 0.3 is 0 Å². The molecule has 4 heteroatoms. The maximum Gasteiger partial charge on any atom is 0.177 e. The summed E-state index contributed by atoms with van der Waals surface area (Å²) in [6, 6.07) is 16.1. The van der Waals surface area contributed by atoms with Crippen molar-refractivity contribution in [1.29, 1.82) is 0 Å². The Kier molecular flexibility index (Phi) is 4.47. The molecule has 0 radical (unpaired) electrons. The molecule has 0 aromatic heterocycles. The summed E-state index contributed by atoms with van der Waals surface area (Å²) in [7, 11) is 0. The van der Waals surface area contributed by atoms with Crippen molar-refractivity contribution in [3.63, 3.8) is 0 Å². The first-order valence-corrected chi connectivity index (χ1v) is 6.50. The molecular formula is C15H15FN2S. The van der Waals surface area contributed by atoms with Crippen LogP contribution in [0.2, 0.25) is 0 Å². The van der Waals surface area contributed by atoms with E-state index >= 15 is 0 Å². The molecule has 0 atom stereocenters. The lowest BCUT2D eigenvalue weighted by Crippen LogP contribution is -2.34. The van der Waals surface area contributed by atoms with Gasteiger partial charge in [0.15, 0.2) is 5.11 Å². The van der Waals surface area contributed by atoms with Crippen LogP contribution in [0.5, 0.6) is 0 Å². The molecule has 2 rings (SSSR count). The minimum Gasteiger partial charge on any atom is -0.332 e. The van der Waals surface area contributed by atoms with Crippen LogP contribution in [0.15, 0.2) is 54.6 Å². The van der Waals surface area contributed by atoms with Gasteiger partial charge in [-0.25, -0.2) is 4.39 Å². The Balaban J connectivity index is 2.11. The van der Waals surface area contributed by atoms with Crippen molar-refractivity contribution in [3.8, 4) is 0 Å². The van der Waals surface area contributed by atoms with E-state index in [0.29, 0.717) is 5.11 Å². The predicted molar refractivity (Wildman–Crippen MR) is 82.1 cm³/mol. The highest BCUT2D eigenvalue weighted by Crippen LogP contribution is 2.16. The lowest BCUT2D eigenvalue weighted by Gasteiger charge is -2.24. The molecule has 2 aromatic carbocycles. The van der Waals surface area contributed by atoms with Gasteiger partial charge in [0, 0.05) is 17.9 Å². The average molecular weight is 274 g/mol. The topological polar surface area (TPSA) is 15.3 Å². The summed E-state index contributed by atoms with van der Waals surface area (Å²) < 4.78 is 12.8. The number of nitrogens with zero attached hydrogens (tertiary/aromatic N) is 1. The number of halogens is 1. The third-order valence-corrected chi connectivity index (χ3v) is 3.05. The van der Waals surface area contributed by atoms with E-state index in [1.165, 1.54) is 12.1 Å². The molecule has 0 fully saturated rings. The van der Waals surface area contributed by atoms with Gasteiger partial charge < -0.3 is 10.2 Å². The minimum atomic E-state index is -0.258. The van der Waals surface area contributed by atoms with Crippen LogP contribution >= 0.6 is 12.2 Å². The van der Waals surface area contributed by atoms with Crippen molar-refractivity contribution >= 4 is 28.7 Å². The van der Waals surface area contributed by atoms with Gasteiger partial charge in [-0.3, -0.25) is 0 Å². The SMILES string of the molecule is CCN(C(=S)Nc1ccc(F)cc1)c1ccccc1. The molecular weight excluding hydrogens is 259 g/mol. The van der Waals surface area contributed by atoms with E-state index in [4.69, 9.17) is 12.2 Å². The fourth-order valence-electron chi connectivity index (χ4n) is 1.78. The number of benzene rings is 2. The third kappa shape index (κ3) is 3.51. The van der Waals surface area contributed by atoms with Crippen molar-refractivity contribution in [2.45, 2.75) is 6.92 Å². The van der Waals surface area contributed by atoms with Gasteiger partial charge in [0.2, 0.25) is 0 Å². The maximum absolute atomic E-state index is 12.8. The molecule has 0 aliphatic rings. The molecule has 19 heavy (non-hydrogen) atoms. The number of rotatable bonds is 3. The molecule has 0 saturated carbocycles. The molecule has 0 spiro atoms. The van der Waals surface area contributed by atoms with Crippen LogP contribution < -0.4 is 10.2 Å². The predicted octanol–water partition coefficient (Wildman–Crippen LogP) is 4.05. The first kappa shape index (κ1) is 13.5. The molecule has 0 bridgehead atoms. The van der Waals surface area contributed by atoms with Crippen LogP contribution in [0.4, 0.5) is 15.8 Å². The van der Waals surface area contributed by atoms with Gasteiger partial charge in [0.25, 0.3) is 0 Å². The van der Waals surface area contributed by atoms with Crippen molar-refractivity contribution < 1.29 is 4.39 Å². The maximum atomic E-state index is 12.8. The Hall–Kier alpha value is -1.94. The number of thiocarbonyl (C=S) groups is 1. The first-order chi connectivity index (χ1) is 9.20. The van der Waals surface area contributed by atoms with Crippen LogP contribution in [-0.2, 0) is 0 Å². The summed E-state index contributed by atoms with van der Waals surface area (Å²) in [5.74, 6) is -0.258. The zero-order chi connectivity index (χ0) is 13.7. The number of hydrogen-bond donors (Lipinski definition) is 1. The van der Waals surface area contributed by atoms with Crippen molar-refractivity contribution in [2.24, 2.45) is 0 Å². The lowest BCUT2D eigenvalue weighted by atomic mass is 10.3. The van der Waals surface area contributed by atoms with Crippen molar-refractivity contribution in [2.75, 3.05) is 16.8 Å². The molecule has 2 nitrogen and oxygen atoms in total. The van der Waals surface area contributed by atoms with Crippen LogP contribution in [0, 0.1) is 5.82 Å². The largest absolute Gasteiger partial charge is 0.332 e. The highest BCUT2D eigenvalue weighted by molar-refractivity contribution is 7.80. The Morgan fingerprint density at radius 2 is 1.74 bits per heavy atom. The van der Waals surface area contributed by atoms with E-state index in [1.54, 1.807) is 12.1 Å². The minimum absolute atomic E-state index is 0.258. The summed E-state index contributed by atoms with van der Waals surface area (Å²) in [5.41, 5.74) is 1.81. The van der Waals surface area contributed by atoms with Gasteiger partial charge in [-0.1, -0.05) is 18.2 Å². The highest BCUT2D eigenvalue weighted by Gasteiger charge is 2.09. The van der Waals surface area contributed by atoms with Crippen LogP contribution in [-0.4, -0.2) is 11.7 Å². The molecule has 0 saturated heterocycles. The zero-order valence-electron chi connectivity index (χ0n) is 10.6. The van der Waals surface area contributed by atoms with Crippen LogP contribution in [0.3, 0.4) is 0 Å². The van der Waals surface area contributed by atoms with E-state index in [2.05, 4.69) is 5.32 Å². The lowest BCUT2D eigenvalue weighted by molar-refractivity contribution is 0.628.